The van der Waals surface area contributed by atoms with Crippen molar-refractivity contribution in [2.24, 2.45) is 5.84 Å². The second-order valence-electron chi connectivity index (χ2n) is 4.24. The SMILES string of the molecule is NN(c1ccccc1)c1ccc2ccccc2c1. The second-order valence-corrected chi connectivity index (χ2v) is 4.24. The minimum Gasteiger partial charge on any atom is -0.280 e. The Morgan fingerprint density at radius 1 is 0.611 bits per heavy atom. The molecule has 0 amide bonds. The van der Waals surface area contributed by atoms with Crippen LogP contribution in [-0.4, -0.2) is 0 Å². The maximum atomic E-state index is 6.14. The van der Waals surface area contributed by atoms with Crippen molar-refractivity contribution >= 4 is 22.1 Å². The first-order valence-corrected chi connectivity index (χ1v) is 5.93. The van der Waals surface area contributed by atoms with Crippen LogP contribution in [0.1, 0.15) is 0 Å². The highest BCUT2D eigenvalue weighted by atomic mass is 15.4. The molecule has 0 saturated carbocycles. The van der Waals surface area contributed by atoms with E-state index < -0.39 is 0 Å². The summed E-state index contributed by atoms with van der Waals surface area (Å²) in [5, 5.41) is 4.12. The number of benzene rings is 3. The zero-order valence-electron chi connectivity index (χ0n) is 9.95. The number of rotatable bonds is 2. The molecule has 3 rings (SSSR count). The van der Waals surface area contributed by atoms with Gasteiger partial charge >= 0.3 is 0 Å². The van der Waals surface area contributed by atoms with Crippen molar-refractivity contribution in [3.63, 3.8) is 0 Å². The number of hydrazine groups is 1. The molecule has 2 heteroatoms. The Kier molecular flexibility index (Phi) is 2.71. The van der Waals surface area contributed by atoms with Crippen molar-refractivity contribution in [2.75, 3.05) is 5.01 Å². The van der Waals surface area contributed by atoms with E-state index in [2.05, 4.69) is 24.3 Å². The summed E-state index contributed by atoms with van der Waals surface area (Å²) in [6.07, 6.45) is 0. The molecule has 0 spiro atoms. The quantitative estimate of drug-likeness (QED) is 0.539. The van der Waals surface area contributed by atoms with Crippen LogP contribution in [0.25, 0.3) is 10.8 Å². The molecule has 2 nitrogen and oxygen atoms in total. The fraction of sp³-hybridized carbons (Fsp3) is 0. The lowest BCUT2D eigenvalue weighted by molar-refractivity contribution is 1.09. The fourth-order valence-electron chi connectivity index (χ4n) is 2.06. The average molecular weight is 234 g/mol. The minimum absolute atomic E-state index is 0.979. The number of fused-ring (bicyclic) bond motifs is 1. The van der Waals surface area contributed by atoms with Crippen molar-refractivity contribution in [1.29, 1.82) is 0 Å². The van der Waals surface area contributed by atoms with Crippen LogP contribution in [0.3, 0.4) is 0 Å². The monoisotopic (exact) mass is 234 g/mol. The van der Waals surface area contributed by atoms with E-state index in [4.69, 9.17) is 5.84 Å². The van der Waals surface area contributed by atoms with E-state index in [1.807, 2.05) is 48.5 Å². The molecule has 0 radical (unpaired) electrons. The molecule has 0 saturated heterocycles. The molecule has 3 aromatic rings. The van der Waals surface area contributed by atoms with Crippen LogP contribution in [-0.2, 0) is 0 Å². The van der Waals surface area contributed by atoms with Crippen LogP contribution in [0.15, 0.2) is 72.8 Å². The van der Waals surface area contributed by atoms with Crippen LogP contribution < -0.4 is 10.9 Å². The van der Waals surface area contributed by atoms with Gasteiger partial charge in [0.05, 0.1) is 11.4 Å². The molecule has 0 atom stereocenters. The molecule has 2 N–H and O–H groups in total. The number of nitrogens with two attached hydrogens (primary N) is 1. The average Bonchev–Trinajstić information content (AvgIpc) is 2.47. The normalized spacial score (nSPS) is 10.5. The summed E-state index contributed by atoms with van der Waals surface area (Å²) in [5.41, 5.74) is 1.97. The number of hydrogen-bond donors (Lipinski definition) is 1. The van der Waals surface area contributed by atoms with Gasteiger partial charge in [0.15, 0.2) is 0 Å². The van der Waals surface area contributed by atoms with Crippen LogP contribution in [0.4, 0.5) is 11.4 Å². The van der Waals surface area contributed by atoms with E-state index in [0.29, 0.717) is 0 Å². The number of para-hydroxylation sites is 1. The van der Waals surface area contributed by atoms with E-state index in [0.717, 1.165) is 11.4 Å². The third kappa shape index (κ3) is 1.94. The van der Waals surface area contributed by atoms with Crippen molar-refractivity contribution in [2.45, 2.75) is 0 Å². The smallest absolute Gasteiger partial charge is 0.0581 e. The lowest BCUT2D eigenvalue weighted by atomic mass is 10.1. The highest BCUT2D eigenvalue weighted by Crippen LogP contribution is 2.25. The van der Waals surface area contributed by atoms with Crippen LogP contribution in [0.2, 0.25) is 0 Å². The third-order valence-corrected chi connectivity index (χ3v) is 3.05. The Labute approximate surface area is 106 Å². The summed E-state index contributed by atoms with van der Waals surface area (Å²) in [7, 11) is 0. The second kappa shape index (κ2) is 4.51. The number of nitrogens with zero attached hydrogens (tertiary/aromatic N) is 1. The maximum Gasteiger partial charge on any atom is 0.0581 e. The molecule has 18 heavy (non-hydrogen) atoms. The number of anilines is 2. The Balaban J connectivity index is 2.04. The van der Waals surface area contributed by atoms with Gasteiger partial charge in [0.25, 0.3) is 0 Å². The van der Waals surface area contributed by atoms with Gasteiger partial charge in [-0.2, -0.15) is 0 Å². The van der Waals surface area contributed by atoms with E-state index in [1.165, 1.54) is 10.8 Å². The molecular weight excluding hydrogens is 220 g/mol. The predicted octanol–water partition coefficient (Wildman–Crippen LogP) is 3.85. The Morgan fingerprint density at radius 3 is 2.06 bits per heavy atom. The summed E-state index contributed by atoms with van der Waals surface area (Å²) in [4.78, 5) is 0. The molecule has 0 aromatic heterocycles. The van der Waals surface area contributed by atoms with E-state index in [-0.39, 0.29) is 0 Å². The molecule has 0 bridgehead atoms. The summed E-state index contributed by atoms with van der Waals surface area (Å²) in [6.45, 7) is 0. The molecule has 0 aliphatic heterocycles. The van der Waals surface area contributed by atoms with Gasteiger partial charge in [0.2, 0.25) is 0 Å². The van der Waals surface area contributed by atoms with Crippen LogP contribution in [0, 0.1) is 0 Å². The van der Waals surface area contributed by atoms with Gasteiger partial charge in [0, 0.05) is 0 Å². The topological polar surface area (TPSA) is 29.3 Å². The first-order chi connectivity index (χ1) is 8.84. The van der Waals surface area contributed by atoms with Gasteiger partial charge in [-0.3, -0.25) is 5.01 Å². The van der Waals surface area contributed by atoms with Crippen molar-refractivity contribution < 1.29 is 0 Å². The molecule has 88 valence electrons. The van der Waals surface area contributed by atoms with Gasteiger partial charge in [-0.15, -0.1) is 0 Å². The Morgan fingerprint density at radius 2 is 1.28 bits per heavy atom. The van der Waals surface area contributed by atoms with Gasteiger partial charge in [0.1, 0.15) is 0 Å². The molecule has 0 fully saturated rings. The molecule has 0 unspecified atom stereocenters. The largest absolute Gasteiger partial charge is 0.280 e. The van der Waals surface area contributed by atoms with Crippen molar-refractivity contribution in [3.8, 4) is 0 Å². The first kappa shape index (κ1) is 10.8. The standard InChI is InChI=1S/C16H14N2/c17-18(15-8-2-1-3-9-15)16-11-10-13-6-4-5-7-14(13)12-16/h1-12H,17H2. The number of hydrogen-bond acceptors (Lipinski definition) is 2. The molecule has 3 aromatic carbocycles. The third-order valence-electron chi connectivity index (χ3n) is 3.05. The van der Waals surface area contributed by atoms with Gasteiger partial charge in [-0.25, -0.2) is 5.84 Å². The van der Waals surface area contributed by atoms with E-state index >= 15 is 0 Å². The molecule has 0 aliphatic rings. The van der Waals surface area contributed by atoms with E-state index in [9.17, 15) is 0 Å². The highest BCUT2D eigenvalue weighted by Gasteiger charge is 2.04. The fourth-order valence-corrected chi connectivity index (χ4v) is 2.06. The Bertz CT molecular complexity index is 662. The van der Waals surface area contributed by atoms with Crippen LogP contribution in [0.5, 0.6) is 0 Å². The summed E-state index contributed by atoms with van der Waals surface area (Å²) >= 11 is 0. The Hall–Kier alpha value is -2.32. The maximum absolute atomic E-state index is 6.14. The van der Waals surface area contributed by atoms with Crippen molar-refractivity contribution in [3.05, 3.63) is 72.8 Å². The van der Waals surface area contributed by atoms with Gasteiger partial charge in [-0.1, -0.05) is 48.5 Å². The van der Waals surface area contributed by atoms with Crippen LogP contribution >= 0.6 is 0 Å². The zero-order valence-corrected chi connectivity index (χ0v) is 9.95. The minimum atomic E-state index is 0.979. The lowest BCUT2D eigenvalue weighted by Gasteiger charge is -2.19. The van der Waals surface area contributed by atoms with Gasteiger partial charge < -0.3 is 0 Å². The summed E-state index contributed by atoms with van der Waals surface area (Å²) < 4.78 is 0. The molecule has 0 aliphatic carbocycles. The highest BCUT2D eigenvalue weighted by molar-refractivity contribution is 5.86. The van der Waals surface area contributed by atoms with Gasteiger partial charge in [-0.05, 0) is 35.0 Å². The predicted molar refractivity (Wildman–Crippen MR) is 76.7 cm³/mol. The lowest BCUT2D eigenvalue weighted by Crippen LogP contribution is -2.24. The zero-order chi connectivity index (χ0) is 12.4. The first-order valence-electron chi connectivity index (χ1n) is 5.93. The summed E-state index contributed by atoms with van der Waals surface area (Å²) in [5.74, 6) is 6.14. The van der Waals surface area contributed by atoms with E-state index in [1.54, 1.807) is 5.01 Å². The molecular formula is C16H14N2. The van der Waals surface area contributed by atoms with Crippen molar-refractivity contribution in [1.82, 2.24) is 0 Å². The molecule has 0 heterocycles. The summed E-state index contributed by atoms with van der Waals surface area (Å²) in [6, 6.07) is 24.4.